The lowest BCUT2D eigenvalue weighted by Gasteiger charge is -2.34. The van der Waals surface area contributed by atoms with Gasteiger partial charge >= 0.3 is 0 Å². The first kappa shape index (κ1) is 22.0. The van der Waals surface area contributed by atoms with Gasteiger partial charge in [0.05, 0.1) is 23.5 Å². The van der Waals surface area contributed by atoms with Gasteiger partial charge in [0.15, 0.2) is 12.0 Å². The summed E-state index contributed by atoms with van der Waals surface area (Å²) in [6, 6.07) is 14.2. The molecule has 0 spiro atoms. The smallest absolute Gasteiger partial charge is 0.163 e. The van der Waals surface area contributed by atoms with E-state index in [0.717, 1.165) is 21.2 Å². The van der Waals surface area contributed by atoms with Gasteiger partial charge in [-0.1, -0.05) is 23.9 Å². The van der Waals surface area contributed by atoms with E-state index in [1.807, 2.05) is 26.0 Å². The molecule has 6 nitrogen and oxygen atoms in total. The molecule has 2 aromatic carbocycles. The minimum absolute atomic E-state index is 0.263. The predicted molar refractivity (Wildman–Crippen MR) is 116 cm³/mol. The van der Waals surface area contributed by atoms with Gasteiger partial charge < -0.3 is 19.1 Å². The minimum Gasteiger partial charge on any atom is -0.490 e. The van der Waals surface area contributed by atoms with Crippen LogP contribution >= 0.6 is 11.8 Å². The number of fused-ring (bicyclic) bond motifs is 2. The lowest BCUT2D eigenvalue weighted by Crippen LogP contribution is -2.23. The lowest BCUT2D eigenvalue weighted by molar-refractivity contribution is -0.142. The number of nitriles is 2. The standard InChI is InChI=1S/C23H25N3O3S/c1-4-26-18-9-7-8-10-19(18)30-20-13-16(14-24)17(15-25)23(22(20)26)29-12-11-21(27-5-2)28-6-3/h7-10,13,21H,4-6,11-12H2,1-3H3. The SMILES string of the molecule is CCOC(CCOc1c(C#N)c(C#N)cc2c1N(CC)c1ccccc1S2)OCC. The molecule has 0 amide bonds. The summed E-state index contributed by atoms with van der Waals surface area (Å²) in [6.45, 7) is 8.00. The van der Waals surface area contributed by atoms with Crippen molar-refractivity contribution >= 4 is 23.1 Å². The van der Waals surface area contributed by atoms with Gasteiger partial charge in [-0.15, -0.1) is 0 Å². The van der Waals surface area contributed by atoms with Crippen molar-refractivity contribution in [2.24, 2.45) is 0 Å². The van der Waals surface area contributed by atoms with E-state index in [1.54, 1.807) is 17.8 Å². The van der Waals surface area contributed by atoms with Crippen LogP contribution in [0.25, 0.3) is 0 Å². The molecule has 2 aromatic rings. The van der Waals surface area contributed by atoms with Crippen LogP contribution in [-0.2, 0) is 9.47 Å². The van der Waals surface area contributed by atoms with Crippen LogP contribution in [0.4, 0.5) is 11.4 Å². The van der Waals surface area contributed by atoms with E-state index >= 15 is 0 Å². The van der Waals surface area contributed by atoms with Crippen molar-refractivity contribution in [3.63, 3.8) is 0 Å². The normalized spacial score (nSPS) is 12.1. The number of nitrogens with zero attached hydrogens (tertiary/aromatic N) is 3. The van der Waals surface area contributed by atoms with Gasteiger partial charge in [0.2, 0.25) is 0 Å². The summed E-state index contributed by atoms with van der Waals surface area (Å²) in [5.41, 5.74) is 2.48. The molecule has 0 unspecified atom stereocenters. The van der Waals surface area contributed by atoms with Crippen LogP contribution in [0.1, 0.15) is 38.3 Å². The van der Waals surface area contributed by atoms with E-state index in [1.165, 1.54) is 0 Å². The quantitative estimate of drug-likeness (QED) is 0.512. The molecule has 0 atom stereocenters. The predicted octanol–water partition coefficient (Wildman–Crippen LogP) is 5.22. The van der Waals surface area contributed by atoms with E-state index in [2.05, 4.69) is 36.1 Å². The van der Waals surface area contributed by atoms with Crippen LogP contribution in [0.5, 0.6) is 5.75 Å². The third-order valence-corrected chi connectivity index (χ3v) is 5.82. The van der Waals surface area contributed by atoms with Crippen molar-refractivity contribution in [3.8, 4) is 17.9 Å². The number of hydrogen-bond donors (Lipinski definition) is 0. The molecule has 30 heavy (non-hydrogen) atoms. The molecule has 0 N–H and O–H groups in total. The van der Waals surface area contributed by atoms with E-state index in [9.17, 15) is 10.5 Å². The highest BCUT2D eigenvalue weighted by molar-refractivity contribution is 7.99. The Bertz CT molecular complexity index is 975. The summed E-state index contributed by atoms with van der Waals surface area (Å²) in [6.07, 6.45) is 0.159. The number of anilines is 2. The van der Waals surface area contributed by atoms with Crippen LogP contribution in [0.15, 0.2) is 40.1 Å². The number of para-hydroxylation sites is 1. The number of rotatable bonds is 9. The molecule has 1 heterocycles. The lowest BCUT2D eigenvalue weighted by atomic mass is 10.0. The molecule has 0 saturated carbocycles. The average molecular weight is 424 g/mol. The second-order valence-corrected chi connectivity index (χ2v) is 7.57. The van der Waals surface area contributed by atoms with Crippen molar-refractivity contribution in [2.75, 3.05) is 31.3 Å². The third-order valence-electron chi connectivity index (χ3n) is 4.72. The molecule has 1 aliphatic heterocycles. The zero-order valence-electron chi connectivity index (χ0n) is 17.5. The fraction of sp³-hybridized carbons (Fsp3) is 0.391. The topological polar surface area (TPSA) is 78.5 Å². The highest BCUT2D eigenvalue weighted by atomic mass is 32.2. The maximum Gasteiger partial charge on any atom is 0.163 e. The molecule has 1 aliphatic rings. The van der Waals surface area contributed by atoms with E-state index in [4.69, 9.17) is 14.2 Å². The van der Waals surface area contributed by atoms with Crippen LogP contribution in [-0.4, -0.2) is 32.7 Å². The van der Waals surface area contributed by atoms with E-state index in [-0.39, 0.29) is 11.9 Å². The monoisotopic (exact) mass is 423 g/mol. The molecular weight excluding hydrogens is 398 g/mol. The first-order valence-electron chi connectivity index (χ1n) is 10.1. The number of hydrogen-bond acceptors (Lipinski definition) is 7. The molecule has 3 rings (SSSR count). The molecular formula is C23H25N3O3S. The van der Waals surface area contributed by atoms with Crippen molar-refractivity contribution in [2.45, 2.75) is 43.3 Å². The zero-order valence-corrected chi connectivity index (χ0v) is 18.3. The first-order chi connectivity index (χ1) is 14.7. The summed E-state index contributed by atoms with van der Waals surface area (Å²) < 4.78 is 17.3. The molecule has 0 aromatic heterocycles. The number of benzene rings is 2. The highest BCUT2D eigenvalue weighted by Gasteiger charge is 2.30. The molecule has 0 radical (unpaired) electrons. The third kappa shape index (κ3) is 4.39. The Kier molecular flexibility index (Phi) is 7.59. The van der Waals surface area contributed by atoms with Crippen molar-refractivity contribution in [1.82, 2.24) is 0 Å². The Morgan fingerprint density at radius 3 is 2.40 bits per heavy atom. The molecule has 0 fully saturated rings. The Labute approximate surface area is 182 Å². The van der Waals surface area contributed by atoms with Gasteiger partial charge in [-0.3, -0.25) is 0 Å². The second-order valence-electron chi connectivity index (χ2n) is 6.49. The summed E-state index contributed by atoms with van der Waals surface area (Å²) in [7, 11) is 0. The molecule has 0 bridgehead atoms. The summed E-state index contributed by atoms with van der Waals surface area (Å²) in [4.78, 5) is 4.16. The Morgan fingerprint density at radius 2 is 1.77 bits per heavy atom. The van der Waals surface area contributed by atoms with Crippen LogP contribution in [0.2, 0.25) is 0 Å². The molecule has 0 aliphatic carbocycles. The fourth-order valence-electron chi connectivity index (χ4n) is 3.47. The summed E-state index contributed by atoms with van der Waals surface area (Å²) >= 11 is 1.59. The Morgan fingerprint density at radius 1 is 1.03 bits per heavy atom. The largest absolute Gasteiger partial charge is 0.490 e. The van der Waals surface area contributed by atoms with Crippen LogP contribution in [0, 0.1) is 22.7 Å². The van der Waals surface area contributed by atoms with Crippen LogP contribution < -0.4 is 9.64 Å². The van der Waals surface area contributed by atoms with Gasteiger partial charge in [-0.25, -0.2) is 0 Å². The fourth-order valence-corrected chi connectivity index (χ4v) is 4.62. The van der Waals surface area contributed by atoms with Gasteiger partial charge in [-0.2, -0.15) is 10.5 Å². The summed E-state index contributed by atoms with van der Waals surface area (Å²) in [5.74, 6) is 0.446. The van der Waals surface area contributed by atoms with Crippen molar-refractivity contribution in [1.29, 1.82) is 10.5 Å². The van der Waals surface area contributed by atoms with Crippen molar-refractivity contribution < 1.29 is 14.2 Å². The number of ether oxygens (including phenoxy) is 3. The molecule has 156 valence electrons. The summed E-state index contributed by atoms with van der Waals surface area (Å²) in [5, 5.41) is 19.4. The first-order valence-corrected chi connectivity index (χ1v) is 10.9. The van der Waals surface area contributed by atoms with Gasteiger partial charge in [-0.05, 0) is 39.0 Å². The molecule has 7 heteroatoms. The highest BCUT2D eigenvalue weighted by Crippen LogP contribution is 2.53. The van der Waals surface area contributed by atoms with Gasteiger partial charge in [0, 0.05) is 36.0 Å². The van der Waals surface area contributed by atoms with Gasteiger partial charge in [0.25, 0.3) is 0 Å². The Balaban J connectivity index is 2.00. The van der Waals surface area contributed by atoms with E-state index < -0.39 is 0 Å². The second kappa shape index (κ2) is 10.4. The van der Waals surface area contributed by atoms with E-state index in [0.29, 0.717) is 44.1 Å². The van der Waals surface area contributed by atoms with Crippen molar-refractivity contribution in [3.05, 3.63) is 41.5 Å². The molecule has 0 saturated heterocycles. The Hall–Kier alpha value is -2.71. The maximum atomic E-state index is 9.81. The maximum absolute atomic E-state index is 9.81. The minimum atomic E-state index is -0.363. The zero-order chi connectivity index (χ0) is 21.5. The van der Waals surface area contributed by atoms with Gasteiger partial charge in [0.1, 0.15) is 17.7 Å². The average Bonchev–Trinajstić information content (AvgIpc) is 2.77. The van der Waals surface area contributed by atoms with Crippen LogP contribution in [0.3, 0.4) is 0 Å².